The van der Waals surface area contributed by atoms with E-state index in [0.29, 0.717) is 13.0 Å². The third kappa shape index (κ3) is 8.77. The van der Waals surface area contributed by atoms with Crippen molar-refractivity contribution in [1.82, 2.24) is 0 Å². The van der Waals surface area contributed by atoms with Crippen LogP contribution in [0.4, 0.5) is 0 Å². The SMILES string of the molecule is CC(=O)CCOCCOC(C)(C)CC(=O)[N+](=O)[O-]. The van der Waals surface area contributed by atoms with E-state index in [4.69, 9.17) is 9.47 Å². The van der Waals surface area contributed by atoms with E-state index in [1.165, 1.54) is 6.92 Å². The maximum absolute atomic E-state index is 10.9. The van der Waals surface area contributed by atoms with E-state index < -0.39 is 16.4 Å². The van der Waals surface area contributed by atoms with Crippen LogP contribution < -0.4 is 0 Å². The molecule has 0 fully saturated rings. The second-order valence-corrected chi connectivity index (χ2v) is 4.50. The summed E-state index contributed by atoms with van der Waals surface area (Å²) in [6.45, 7) is 5.51. The van der Waals surface area contributed by atoms with Gasteiger partial charge in [0.2, 0.25) is 0 Å². The second kappa shape index (κ2) is 7.88. The van der Waals surface area contributed by atoms with Gasteiger partial charge in [-0.1, -0.05) is 0 Å². The summed E-state index contributed by atoms with van der Waals surface area (Å²) in [6.07, 6.45) is 0.0661. The molecule has 0 saturated heterocycles. The predicted molar refractivity (Wildman–Crippen MR) is 62.8 cm³/mol. The molecule has 0 radical (unpaired) electrons. The fourth-order valence-corrected chi connectivity index (χ4v) is 1.17. The van der Waals surface area contributed by atoms with Gasteiger partial charge in [0, 0.05) is 6.42 Å². The van der Waals surface area contributed by atoms with Gasteiger partial charge in [0.05, 0.1) is 25.4 Å². The number of ketones is 1. The number of rotatable bonds is 9. The number of ether oxygens (including phenoxy) is 2. The van der Waals surface area contributed by atoms with Gasteiger partial charge in [-0.25, -0.2) is 4.79 Å². The molecule has 0 aromatic heterocycles. The lowest BCUT2D eigenvalue weighted by Crippen LogP contribution is -2.32. The number of nitro groups is 1. The number of Topliss-reactive ketones (excluding diaryl/α,β-unsaturated/α-hetero) is 1. The van der Waals surface area contributed by atoms with Crippen LogP contribution in [-0.4, -0.2) is 42.0 Å². The lowest BCUT2D eigenvalue weighted by Gasteiger charge is -2.22. The zero-order chi connectivity index (χ0) is 14.2. The summed E-state index contributed by atoms with van der Waals surface area (Å²) in [4.78, 5) is 30.8. The van der Waals surface area contributed by atoms with Crippen molar-refractivity contribution in [3.05, 3.63) is 10.1 Å². The van der Waals surface area contributed by atoms with Crippen LogP contribution in [0.3, 0.4) is 0 Å². The topological polar surface area (TPSA) is 95.7 Å². The Labute approximate surface area is 106 Å². The Morgan fingerprint density at radius 2 is 1.83 bits per heavy atom. The third-order valence-electron chi connectivity index (χ3n) is 2.10. The molecule has 104 valence electrons. The Balaban J connectivity index is 3.73. The first-order valence-corrected chi connectivity index (χ1v) is 5.63. The minimum Gasteiger partial charge on any atom is -0.379 e. The lowest BCUT2D eigenvalue weighted by atomic mass is 10.1. The fourth-order valence-electron chi connectivity index (χ4n) is 1.17. The average Bonchev–Trinajstić information content (AvgIpc) is 2.21. The Kier molecular flexibility index (Phi) is 7.30. The summed E-state index contributed by atoms with van der Waals surface area (Å²) in [5.41, 5.74) is -0.895. The Morgan fingerprint density at radius 1 is 1.22 bits per heavy atom. The summed E-state index contributed by atoms with van der Waals surface area (Å²) in [5.74, 6) is -1.02. The van der Waals surface area contributed by atoms with Crippen molar-refractivity contribution in [3.63, 3.8) is 0 Å². The first-order valence-electron chi connectivity index (χ1n) is 5.63. The molecule has 7 heteroatoms. The van der Waals surface area contributed by atoms with Crippen molar-refractivity contribution in [2.24, 2.45) is 0 Å². The molecule has 0 heterocycles. The molecule has 0 rings (SSSR count). The quantitative estimate of drug-likeness (QED) is 0.348. The van der Waals surface area contributed by atoms with Crippen LogP contribution in [0, 0.1) is 10.1 Å². The molecular formula is C11H19NO6. The molecule has 0 spiro atoms. The number of hydrogen-bond donors (Lipinski definition) is 0. The number of amides is 1. The maximum Gasteiger partial charge on any atom is 0.447 e. The number of hydrogen-bond acceptors (Lipinski definition) is 6. The van der Waals surface area contributed by atoms with Gasteiger partial charge in [-0.3, -0.25) is 14.9 Å². The number of carbonyl (C=O) groups excluding carboxylic acids is 2. The van der Waals surface area contributed by atoms with Crippen molar-refractivity contribution in [1.29, 1.82) is 0 Å². The molecule has 7 nitrogen and oxygen atoms in total. The molecule has 0 aliphatic rings. The third-order valence-corrected chi connectivity index (χ3v) is 2.10. The summed E-state index contributed by atoms with van der Waals surface area (Å²) in [7, 11) is 0. The van der Waals surface area contributed by atoms with E-state index >= 15 is 0 Å². The Bertz CT molecular complexity index is 313. The predicted octanol–water partition coefficient (Wildman–Crippen LogP) is 0.971. The average molecular weight is 261 g/mol. The fraction of sp³-hybridized carbons (Fsp3) is 0.818. The van der Waals surface area contributed by atoms with Gasteiger partial charge in [-0.05, 0) is 20.8 Å². The smallest absolute Gasteiger partial charge is 0.379 e. The van der Waals surface area contributed by atoms with E-state index in [-0.39, 0.29) is 25.4 Å². The highest BCUT2D eigenvalue weighted by molar-refractivity contribution is 5.75. The summed E-state index contributed by atoms with van der Waals surface area (Å²) in [6, 6.07) is 0. The highest BCUT2D eigenvalue weighted by Crippen LogP contribution is 2.14. The van der Waals surface area contributed by atoms with E-state index in [2.05, 4.69) is 0 Å². The Morgan fingerprint density at radius 3 is 2.33 bits per heavy atom. The van der Waals surface area contributed by atoms with Crippen molar-refractivity contribution in [3.8, 4) is 0 Å². The molecule has 0 N–H and O–H groups in total. The van der Waals surface area contributed by atoms with Gasteiger partial charge >= 0.3 is 5.91 Å². The monoisotopic (exact) mass is 261 g/mol. The molecule has 0 aromatic carbocycles. The minimum atomic E-state index is -1.07. The van der Waals surface area contributed by atoms with Crippen LogP contribution in [0.15, 0.2) is 0 Å². The zero-order valence-corrected chi connectivity index (χ0v) is 10.9. The van der Waals surface area contributed by atoms with E-state index in [0.717, 1.165) is 0 Å². The molecule has 0 aromatic rings. The van der Waals surface area contributed by atoms with E-state index in [1.54, 1.807) is 13.8 Å². The van der Waals surface area contributed by atoms with Gasteiger partial charge in [-0.15, -0.1) is 0 Å². The van der Waals surface area contributed by atoms with Gasteiger partial charge in [0.1, 0.15) is 17.1 Å². The molecule has 0 aliphatic carbocycles. The summed E-state index contributed by atoms with van der Waals surface area (Å²) < 4.78 is 10.4. The van der Waals surface area contributed by atoms with Gasteiger partial charge < -0.3 is 9.47 Å². The summed E-state index contributed by atoms with van der Waals surface area (Å²) in [5, 5.41) is 10.2. The van der Waals surface area contributed by atoms with Crippen LogP contribution in [0.2, 0.25) is 0 Å². The van der Waals surface area contributed by atoms with Crippen molar-refractivity contribution >= 4 is 11.7 Å². The van der Waals surface area contributed by atoms with Gasteiger partial charge in [0.15, 0.2) is 0 Å². The highest BCUT2D eigenvalue weighted by Gasteiger charge is 2.29. The largest absolute Gasteiger partial charge is 0.447 e. The second-order valence-electron chi connectivity index (χ2n) is 4.50. The van der Waals surface area contributed by atoms with Crippen LogP contribution in [-0.2, 0) is 19.1 Å². The van der Waals surface area contributed by atoms with Crippen molar-refractivity contribution in [2.45, 2.75) is 39.2 Å². The highest BCUT2D eigenvalue weighted by atomic mass is 16.6. The Hall–Kier alpha value is -1.34. The minimum absolute atomic E-state index is 0.0489. The van der Waals surface area contributed by atoms with Crippen molar-refractivity contribution < 1.29 is 24.0 Å². The zero-order valence-electron chi connectivity index (χ0n) is 10.9. The molecule has 0 aliphatic heterocycles. The van der Waals surface area contributed by atoms with Crippen molar-refractivity contribution in [2.75, 3.05) is 19.8 Å². The summed E-state index contributed by atoms with van der Waals surface area (Å²) >= 11 is 0. The number of nitrogens with zero attached hydrogens (tertiary/aromatic N) is 1. The van der Waals surface area contributed by atoms with Gasteiger partial charge in [0.25, 0.3) is 0 Å². The first-order chi connectivity index (χ1) is 8.24. The van der Waals surface area contributed by atoms with E-state index in [1.807, 2.05) is 0 Å². The number of carbonyl (C=O) groups is 2. The molecule has 0 saturated carbocycles. The van der Waals surface area contributed by atoms with Crippen LogP contribution in [0.1, 0.15) is 33.6 Å². The van der Waals surface area contributed by atoms with Gasteiger partial charge in [-0.2, -0.15) is 0 Å². The maximum atomic E-state index is 10.9. The molecule has 0 unspecified atom stereocenters. The van der Waals surface area contributed by atoms with Crippen LogP contribution in [0.25, 0.3) is 0 Å². The van der Waals surface area contributed by atoms with Crippen LogP contribution in [0.5, 0.6) is 0 Å². The van der Waals surface area contributed by atoms with E-state index in [9.17, 15) is 19.7 Å². The molecule has 1 amide bonds. The first kappa shape index (κ1) is 16.7. The molecule has 0 atom stereocenters. The lowest BCUT2D eigenvalue weighted by molar-refractivity contribution is -0.404. The van der Waals surface area contributed by atoms with Crippen LogP contribution >= 0.6 is 0 Å². The molecule has 18 heavy (non-hydrogen) atoms. The molecule has 0 bridgehead atoms. The normalized spacial score (nSPS) is 11.3. The standard InChI is InChI=1S/C11H19NO6/c1-9(13)4-5-17-6-7-18-11(2,3)8-10(14)12(15)16/h4-8H2,1-3H3. The molecular weight excluding hydrogens is 242 g/mol.